The minimum Gasteiger partial charge on any atom is -0.496 e. The van der Waals surface area contributed by atoms with Crippen LogP contribution in [0.4, 0.5) is 4.79 Å². The van der Waals surface area contributed by atoms with E-state index >= 15 is 0 Å². The zero-order valence-electron chi connectivity index (χ0n) is 13.0. The van der Waals surface area contributed by atoms with Crippen molar-refractivity contribution >= 4 is 17.6 Å². The number of urea groups is 1. The molecule has 5 nitrogen and oxygen atoms in total. The van der Waals surface area contributed by atoms with Crippen molar-refractivity contribution in [1.29, 1.82) is 0 Å². The average Bonchev–Trinajstić information content (AvgIpc) is 2.55. The Bertz CT molecular complexity index is 647. The molecule has 6 heteroatoms. The maximum absolute atomic E-state index is 11.9. The third-order valence-electron chi connectivity index (χ3n) is 3.09. The number of hydrogen-bond donors (Lipinski definition) is 2. The van der Waals surface area contributed by atoms with Crippen LogP contribution in [0.2, 0.25) is 5.02 Å². The number of methoxy groups -OCH3 is 1. The van der Waals surface area contributed by atoms with Gasteiger partial charge in [-0.05, 0) is 37.3 Å². The number of carbonyl (C=O) groups is 1. The van der Waals surface area contributed by atoms with E-state index in [9.17, 15) is 4.79 Å². The zero-order valence-corrected chi connectivity index (χ0v) is 13.8. The Kier molecular flexibility index (Phi) is 6.11. The summed E-state index contributed by atoms with van der Waals surface area (Å²) in [7, 11) is 1.60. The zero-order chi connectivity index (χ0) is 16.7. The maximum atomic E-state index is 11.9. The highest BCUT2D eigenvalue weighted by atomic mass is 35.5. The van der Waals surface area contributed by atoms with E-state index in [0.717, 1.165) is 11.3 Å². The molecule has 0 aliphatic carbocycles. The molecule has 0 heterocycles. The molecule has 0 radical (unpaired) electrons. The summed E-state index contributed by atoms with van der Waals surface area (Å²) in [6.07, 6.45) is -0.478. The number of carbonyl (C=O) groups excluding carboxylic acids is 1. The lowest BCUT2D eigenvalue weighted by molar-refractivity contribution is 0.177. The van der Waals surface area contributed by atoms with Gasteiger partial charge in [0.2, 0.25) is 0 Å². The van der Waals surface area contributed by atoms with Crippen molar-refractivity contribution in [3.63, 3.8) is 0 Å². The molecule has 2 rings (SSSR count). The second kappa shape index (κ2) is 8.29. The van der Waals surface area contributed by atoms with Gasteiger partial charge in [0.15, 0.2) is 6.23 Å². The van der Waals surface area contributed by atoms with E-state index in [1.165, 1.54) is 0 Å². The van der Waals surface area contributed by atoms with Crippen LogP contribution in [0.5, 0.6) is 11.5 Å². The summed E-state index contributed by atoms with van der Waals surface area (Å²) in [6.45, 7) is 2.11. The Hall–Kier alpha value is -2.40. The van der Waals surface area contributed by atoms with E-state index in [1.807, 2.05) is 24.3 Å². The highest BCUT2D eigenvalue weighted by molar-refractivity contribution is 6.30. The molecule has 1 unspecified atom stereocenters. The van der Waals surface area contributed by atoms with Crippen molar-refractivity contribution in [1.82, 2.24) is 10.6 Å². The highest BCUT2D eigenvalue weighted by Gasteiger charge is 2.09. The highest BCUT2D eigenvalue weighted by Crippen LogP contribution is 2.17. The van der Waals surface area contributed by atoms with Gasteiger partial charge in [-0.2, -0.15) is 0 Å². The summed E-state index contributed by atoms with van der Waals surface area (Å²) < 4.78 is 10.8. The second-order valence-electron chi connectivity index (χ2n) is 4.85. The minimum atomic E-state index is -0.478. The summed E-state index contributed by atoms with van der Waals surface area (Å²) in [5, 5.41) is 6.10. The largest absolute Gasteiger partial charge is 0.496 e. The average molecular weight is 335 g/mol. The summed E-state index contributed by atoms with van der Waals surface area (Å²) in [6, 6.07) is 14.1. The van der Waals surface area contributed by atoms with E-state index < -0.39 is 6.23 Å². The fourth-order valence-electron chi connectivity index (χ4n) is 2.01. The van der Waals surface area contributed by atoms with Crippen molar-refractivity contribution in [3.8, 4) is 11.5 Å². The number of amides is 2. The molecule has 0 aliphatic heterocycles. The van der Waals surface area contributed by atoms with Crippen LogP contribution in [0.15, 0.2) is 48.5 Å². The SMILES string of the molecule is COc1ccccc1CNC(=O)NC(C)Oc1ccc(Cl)cc1. The van der Waals surface area contributed by atoms with Gasteiger partial charge < -0.3 is 20.1 Å². The predicted octanol–water partition coefficient (Wildman–Crippen LogP) is 3.57. The molecule has 2 N–H and O–H groups in total. The smallest absolute Gasteiger partial charge is 0.317 e. The minimum absolute atomic E-state index is 0.322. The quantitative estimate of drug-likeness (QED) is 0.794. The molecule has 0 aromatic heterocycles. The molecule has 2 aromatic carbocycles. The molecule has 0 fully saturated rings. The lowest BCUT2D eigenvalue weighted by Gasteiger charge is -2.17. The first kappa shape index (κ1) is 17.0. The van der Waals surface area contributed by atoms with Gasteiger partial charge >= 0.3 is 6.03 Å². The van der Waals surface area contributed by atoms with E-state index in [-0.39, 0.29) is 6.03 Å². The van der Waals surface area contributed by atoms with Crippen molar-refractivity contribution in [2.75, 3.05) is 7.11 Å². The number of benzene rings is 2. The van der Waals surface area contributed by atoms with Gasteiger partial charge in [-0.3, -0.25) is 0 Å². The third-order valence-corrected chi connectivity index (χ3v) is 3.34. The number of para-hydroxylation sites is 1. The Morgan fingerprint density at radius 1 is 1.17 bits per heavy atom. The molecular weight excluding hydrogens is 316 g/mol. The lowest BCUT2D eigenvalue weighted by Crippen LogP contribution is -2.43. The first-order valence-electron chi connectivity index (χ1n) is 7.17. The third kappa shape index (κ3) is 5.38. The van der Waals surface area contributed by atoms with Gasteiger partial charge in [0, 0.05) is 17.1 Å². The summed E-state index contributed by atoms with van der Waals surface area (Å²) in [4.78, 5) is 11.9. The van der Waals surface area contributed by atoms with Gasteiger partial charge in [-0.15, -0.1) is 0 Å². The summed E-state index contributed by atoms with van der Waals surface area (Å²) in [5.41, 5.74) is 0.899. The van der Waals surface area contributed by atoms with Crippen LogP contribution in [0.25, 0.3) is 0 Å². The van der Waals surface area contributed by atoms with E-state index in [1.54, 1.807) is 38.3 Å². The van der Waals surface area contributed by atoms with E-state index in [0.29, 0.717) is 17.3 Å². The Morgan fingerprint density at radius 3 is 2.57 bits per heavy atom. The van der Waals surface area contributed by atoms with Gasteiger partial charge in [-0.1, -0.05) is 29.8 Å². The number of rotatable bonds is 6. The Morgan fingerprint density at radius 2 is 1.87 bits per heavy atom. The Balaban J connectivity index is 1.81. The van der Waals surface area contributed by atoms with E-state index in [2.05, 4.69) is 10.6 Å². The van der Waals surface area contributed by atoms with Crippen LogP contribution >= 0.6 is 11.6 Å². The lowest BCUT2D eigenvalue weighted by atomic mass is 10.2. The molecule has 0 saturated heterocycles. The van der Waals surface area contributed by atoms with E-state index in [4.69, 9.17) is 21.1 Å². The molecule has 122 valence electrons. The predicted molar refractivity (Wildman–Crippen MR) is 89.9 cm³/mol. The van der Waals surface area contributed by atoms with Crippen LogP contribution in [0.1, 0.15) is 12.5 Å². The molecule has 0 spiro atoms. The molecule has 0 bridgehead atoms. The maximum Gasteiger partial charge on any atom is 0.317 e. The molecule has 1 atom stereocenters. The van der Waals surface area contributed by atoms with Crippen LogP contribution in [0.3, 0.4) is 0 Å². The molecular formula is C17H19ClN2O3. The standard InChI is InChI=1S/C17H19ClN2O3/c1-12(23-15-9-7-14(18)8-10-15)20-17(21)19-11-13-5-3-4-6-16(13)22-2/h3-10,12H,11H2,1-2H3,(H2,19,20,21). The molecule has 0 saturated carbocycles. The van der Waals surface area contributed by atoms with Gasteiger partial charge in [-0.25, -0.2) is 4.79 Å². The topological polar surface area (TPSA) is 59.6 Å². The second-order valence-corrected chi connectivity index (χ2v) is 5.29. The number of ether oxygens (including phenoxy) is 2. The normalized spacial score (nSPS) is 11.4. The van der Waals surface area contributed by atoms with Crippen LogP contribution in [-0.4, -0.2) is 19.4 Å². The first-order chi connectivity index (χ1) is 11.1. The monoisotopic (exact) mass is 334 g/mol. The number of halogens is 1. The van der Waals surface area contributed by atoms with Crippen molar-refractivity contribution in [2.24, 2.45) is 0 Å². The Labute approximate surface area is 140 Å². The van der Waals surface area contributed by atoms with Crippen molar-refractivity contribution < 1.29 is 14.3 Å². The number of nitrogens with one attached hydrogen (secondary N) is 2. The van der Waals surface area contributed by atoms with Crippen molar-refractivity contribution in [3.05, 3.63) is 59.1 Å². The summed E-state index contributed by atoms with van der Waals surface area (Å²) >= 11 is 5.81. The molecule has 2 aromatic rings. The van der Waals surface area contributed by atoms with Crippen molar-refractivity contribution in [2.45, 2.75) is 19.7 Å². The van der Waals surface area contributed by atoms with Gasteiger partial charge in [0.05, 0.1) is 7.11 Å². The van der Waals surface area contributed by atoms with Gasteiger partial charge in [0.25, 0.3) is 0 Å². The molecule has 23 heavy (non-hydrogen) atoms. The van der Waals surface area contributed by atoms with Crippen LogP contribution in [-0.2, 0) is 6.54 Å². The van der Waals surface area contributed by atoms with Crippen LogP contribution in [0, 0.1) is 0 Å². The summed E-state index contributed by atoms with van der Waals surface area (Å²) in [5.74, 6) is 1.37. The molecule has 0 aliphatic rings. The van der Waals surface area contributed by atoms with Crippen LogP contribution < -0.4 is 20.1 Å². The number of hydrogen-bond acceptors (Lipinski definition) is 3. The van der Waals surface area contributed by atoms with Gasteiger partial charge in [0.1, 0.15) is 11.5 Å². The molecule has 2 amide bonds. The fraction of sp³-hybridized carbons (Fsp3) is 0.235. The fourth-order valence-corrected chi connectivity index (χ4v) is 2.13. The first-order valence-corrected chi connectivity index (χ1v) is 7.55.